The van der Waals surface area contributed by atoms with E-state index in [9.17, 15) is 4.79 Å². The lowest BCUT2D eigenvalue weighted by molar-refractivity contribution is 0.241. The highest BCUT2D eigenvalue weighted by molar-refractivity contribution is 5.75. The van der Waals surface area contributed by atoms with Gasteiger partial charge in [0.1, 0.15) is 5.75 Å². The number of ether oxygens (including phenoxy) is 1. The summed E-state index contributed by atoms with van der Waals surface area (Å²) >= 11 is 0. The zero-order valence-corrected chi connectivity index (χ0v) is 12.3. The van der Waals surface area contributed by atoms with Gasteiger partial charge < -0.3 is 15.4 Å². The van der Waals surface area contributed by atoms with Gasteiger partial charge in [-0.05, 0) is 50.3 Å². The van der Waals surface area contributed by atoms with Gasteiger partial charge in [0.25, 0.3) is 0 Å². The average molecular weight is 274 g/mol. The molecule has 20 heavy (non-hydrogen) atoms. The second-order valence-electron chi connectivity index (χ2n) is 5.28. The molecule has 1 aromatic carbocycles. The number of rotatable bonds is 5. The van der Waals surface area contributed by atoms with Gasteiger partial charge in [-0.3, -0.25) is 0 Å². The lowest BCUT2D eigenvalue weighted by Crippen LogP contribution is -2.34. The predicted octanol–water partition coefficient (Wildman–Crippen LogP) is 3.37. The fourth-order valence-corrected chi connectivity index (χ4v) is 2.05. The number of allylic oxidation sites excluding steroid dienone is 1. The van der Waals surface area contributed by atoms with E-state index in [1.165, 1.54) is 18.4 Å². The third kappa shape index (κ3) is 4.02. The molecule has 2 rings (SSSR count). The Labute approximate surface area is 120 Å². The summed E-state index contributed by atoms with van der Waals surface area (Å²) in [4.78, 5) is 11.8. The first-order valence-corrected chi connectivity index (χ1v) is 6.98. The molecule has 0 radical (unpaired) electrons. The van der Waals surface area contributed by atoms with Gasteiger partial charge in [-0.25, -0.2) is 4.79 Å². The van der Waals surface area contributed by atoms with Gasteiger partial charge in [0.05, 0.1) is 13.2 Å². The van der Waals surface area contributed by atoms with Gasteiger partial charge >= 0.3 is 6.03 Å². The molecule has 0 saturated heterocycles. The monoisotopic (exact) mass is 274 g/mol. The smallest absolute Gasteiger partial charge is 0.319 e. The number of amides is 2. The van der Waals surface area contributed by atoms with Crippen molar-refractivity contribution in [3.63, 3.8) is 0 Å². The molecule has 0 bridgehead atoms. The first kappa shape index (κ1) is 14.4. The van der Waals surface area contributed by atoms with Crippen molar-refractivity contribution < 1.29 is 9.53 Å². The summed E-state index contributed by atoms with van der Waals surface area (Å²) in [5.74, 6) is 1.49. The van der Waals surface area contributed by atoms with Crippen molar-refractivity contribution in [2.45, 2.75) is 32.7 Å². The SMILES string of the molecule is COc1ccc(C(C)NC(=O)N/C=C(\C)C2CC2)cc1. The van der Waals surface area contributed by atoms with Crippen molar-refractivity contribution in [3.8, 4) is 5.75 Å². The molecule has 4 heteroatoms. The quantitative estimate of drug-likeness (QED) is 0.865. The number of hydrogen-bond donors (Lipinski definition) is 2. The molecule has 0 aromatic heterocycles. The molecular weight excluding hydrogens is 252 g/mol. The first-order chi connectivity index (χ1) is 9.60. The van der Waals surface area contributed by atoms with Crippen LogP contribution in [0.2, 0.25) is 0 Å². The van der Waals surface area contributed by atoms with E-state index < -0.39 is 0 Å². The van der Waals surface area contributed by atoms with Gasteiger partial charge in [-0.1, -0.05) is 17.7 Å². The highest BCUT2D eigenvalue weighted by Crippen LogP contribution is 2.35. The molecule has 1 fully saturated rings. The summed E-state index contributed by atoms with van der Waals surface area (Å²) in [6, 6.07) is 7.47. The number of hydrogen-bond acceptors (Lipinski definition) is 2. The summed E-state index contributed by atoms with van der Waals surface area (Å²) < 4.78 is 5.12. The van der Waals surface area contributed by atoms with Gasteiger partial charge in [-0.2, -0.15) is 0 Å². The van der Waals surface area contributed by atoms with E-state index in [2.05, 4.69) is 17.6 Å². The fraction of sp³-hybridized carbons (Fsp3) is 0.438. The van der Waals surface area contributed by atoms with Crippen molar-refractivity contribution in [1.82, 2.24) is 10.6 Å². The summed E-state index contributed by atoms with van der Waals surface area (Å²) in [5, 5.41) is 5.70. The van der Waals surface area contributed by atoms with E-state index in [-0.39, 0.29) is 12.1 Å². The Morgan fingerprint density at radius 2 is 2.00 bits per heavy atom. The highest BCUT2D eigenvalue weighted by Gasteiger charge is 2.22. The molecule has 1 saturated carbocycles. The maximum atomic E-state index is 11.8. The normalized spacial score (nSPS) is 16.4. The van der Waals surface area contributed by atoms with Crippen LogP contribution in [0.1, 0.15) is 38.3 Å². The molecule has 108 valence electrons. The van der Waals surface area contributed by atoms with Crippen molar-refractivity contribution in [2.75, 3.05) is 7.11 Å². The Bertz CT molecular complexity index is 490. The van der Waals surface area contributed by atoms with E-state index in [4.69, 9.17) is 4.74 Å². The molecule has 4 nitrogen and oxygen atoms in total. The lowest BCUT2D eigenvalue weighted by atomic mass is 10.1. The van der Waals surface area contributed by atoms with Crippen molar-refractivity contribution in [2.24, 2.45) is 5.92 Å². The standard InChI is InChI=1S/C16H22N2O2/c1-11(13-4-5-13)10-17-16(19)18-12(2)14-6-8-15(20-3)9-7-14/h6-10,12-13H,4-5H2,1-3H3,(H2,17,18,19)/b11-10+. The molecule has 1 unspecified atom stereocenters. The summed E-state index contributed by atoms with van der Waals surface area (Å²) in [6.07, 6.45) is 4.30. The van der Waals surface area contributed by atoms with E-state index in [1.807, 2.05) is 37.4 Å². The number of carbonyl (C=O) groups is 1. The minimum atomic E-state index is -0.173. The second-order valence-corrected chi connectivity index (χ2v) is 5.28. The van der Waals surface area contributed by atoms with Crippen LogP contribution in [0.3, 0.4) is 0 Å². The van der Waals surface area contributed by atoms with Gasteiger partial charge in [0.2, 0.25) is 0 Å². The molecule has 2 amide bonds. The fourth-order valence-electron chi connectivity index (χ4n) is 2.05. The molecule has 1 aromatic rings. The van der Waals surface area contributed by atoms with Gasteiger partial charge in [0.15, 0.2) is 0 Å². The largest absolute Gasteiger partial charge is 0.497 e. The zero-order chi connectivity index (χ0) is 14.5. The lowest BCUT2D eigenvalue weighted by Gasteiger charge is -2.14. The van der Waals surface area contributed by atoms with E-state index in [0.29, 0.717) is 5.92 Å². The Hall–Kier alpha value is -1.97. The molecule has 0 aliphatic heterocycles. The molecular formula is C16H22N2O2. The number of methoxy groups -OCH3 is 1. The predicted molar refractivity (Wildman–Crippen MR) is 79.6 cm³/mol. The van der Waals surface area contributed by atoms with Crippen LogP contribution in [0.4, 0.5) is 4.79 Å². The van der Waals surface area contributed by atoms with Gasteiger partial charge in [-0.15, -0.1) is 0 Å². The third-order valence-electron chi connectivity index (χ3n) is 3.62. The van der Waals surface area contributed by atoms with Crippen LogP contribution in [0.5, 0.6) is 5.75 Å². The topological polar surface area (TPSA) is 50.4 Å². The van der Waals surface area contributed by atoms with Crippen LogP contribution in [-0.4, -0.2) is 13.1 Å². The molecule has 1 aliphatic carbocycles. The molecule has 2 N–H and O–H groups in total. The molecule has 1 atom stereocenters. The van der Waals surface area contributed by atoms with Crippen molar-refractivity contribution in [1.29, 1.82) is 0 Å². The Morgan fingerprint density at radius 1 is 1.35 bits per heavy atom. The first-order valence-electron chi connectivity index (χ1n) is 6.98. The van der Waals surface area contributed by atoms with Gasteiger partial charge in [0, 0.05) is 6.20 Å². The third-order valence-corrected chi connectivity index (χ3v) is 3.62. The van der Waals surface area contributed by atoms with E-state index >= 15 is 0 Å². The van der Waals surface area contributed by atoms with Crippen LogP contribution in [0.15, 0.2) is 36.0 Å². The van der Waals surface area contributed by atoms with Crippen molar-refractivity contribution >= 4 is 6.03 Å². The van der Waals surface area contributed by atoms with Crippen LogP contribution in [-0.2, 0) is 0 Å². The van der Waals surface area contributed by atoms with Crippen LogP contribution < -0.4 is 15.4 Å². The van der Waals surface area contributed by atoms with Crippen molar-refractivity contribution in [3.05, 3.63) is 41.6 Å². The minimum absolute atomic E-state index is 0.0458. The van der Waals surface area contributed by atoms with Crippen LogP contribution in [0.25, 0.3) is 0 Å². The maximum Gasteiger partial charge on any atom is 0.319 e. The highest BCUT2D eigenvalue weighted by atomic mass is 16.5. The average Bonchev–Trinajstić information content (AvgIpc) is 3.29. The number of benzene rings is 1. The van der Waals surface area contributed by atoms with E-state index in [0.717, 1.165) is 11.3 Å². The van der Waals surface area contributed by atoms with E-state index in [1.54, 1.807) is 7.11 Å². The summed E-state index contributed by atoms with van der Waals surface area (Å²) in [5.41, 5.74) is 2.29. The second kappa shape index (κ2) is 6.46. The molecule has 0 heterocycles. The van der Waals surface area contributed by atoms with Crippen LogP contribution in [0, 0.1) is 5.92 Å². The number of nitrogens with one attached hydrogen (secondary N) is 2. The Kier molecular flexibility index (Phi) is 4.66. The Balaban J connectivity index is 1.84. The molecule has 0 spiro atoms. The zero-order valence-electron chi connectivity index (χ0n) is 12.3. The number of urea groups is 1. The molecule has 1 aliphatic rings. The summed E-state index contributed by atoms with van der Waals surface area (Å²) in [6.45, 7) is 4.02. The number of carbonyl (C=O) groups excluding carboxylic acids is 1. The maximum absolute atomic E-state index is 11.8. The summed E-state index contributed by atoms with van der Waals surface area (Å²) in [7, 11) is 1.64. The Morgan fingerprint density at radius 3 is 2.55 bits per heavy atom. The minimum Gasteiger partial charge on any atom is -0.497 e. The van der Waals surface area contributed by atoms with Crippen LogP contribution >= 0.6 is 0 Å².